The van der Waals surface area contributed by atoms with Crippen LogP contribution in [0.1, 0.15) is 27.7 Å². The van der Waals surface area contributed by atoms with E-state index in [0.717, 1.165) is 0 Å². The lowest BCUT2D eigenvalue weighted by atomic mass is 9.98. The molecule has 6 nitrogen and oxygen atoms in total. The van der Waals surface area contributed by atoms with E-state index in [1.165, 1.54) is 0 Å². The molecule has 1 amide bonds. The van der Waals surface area contributed by atoms with Crippen molar-refractivity contribution in [3.63, 3.8) is 0 Å². The summed E-state index contributed by atoms with van der Waals surface area (Å²) in [5.41, 5.74) is 5.63. The van der Waals surface area contributed by atoms with Gasteiger partial charge in [0.25, 0.3) is 5.91 Å². The minimum Gasteiger partial charge on any atom is -0.480 e. The van der Waals surface area contributed by atoms with Gasteiger partial charge >= 0.3 is 5.97 Å². The summed E-state index contributed by atoms with van der Waals surface area (Å²) in [6.07, 6.45) is -1.39. The maximum absolute atomic E-state index is 11.6. The van der Waals surface area contributed by atoms with Crippen LogP contribution in [0.15, 0.2) is 0 Å². The normalized spacial score (nSPS) is 16.7. The zero-order valence-corrected chi connectivity index (χ0v) is 10.7. The molecule has 0 bridgehead atoms. The van der Waals surface area contributed by atoms with Crippen molar-refractivity contribution in [1.82, 2.24) is 5.32 Å². The van der Waals surface area contributed by atoms with Crippen molar-refractivity contribution in [2.45, 2.75) is 45.9 Å². The van der Waals surface area contributed by atoms with Crippen LogP contribution in [0, 0.1) is 11.8 Å². The van der Waals surface area contributed by atoms with Crippen molar-refractivity contribution in [1.29, 1.82) is 0 Å². The number of aliphatic carboxylic acids is 1. The van der Waals surface area contributed by atoms with Crippen LogP contribution in [0.5, 0.6) is 0 Å². The number of rotatable bonds is 6. The highest BCUT2D eigenvalue weighted by atomic mass is 16.4. The fourth-order valence-corrected chi connectivity index (χ4v) is 1.29. The van der Waals surface area contributed by atoms with Crippen LogP contribution in [0.4, 0.5) is 0 Å². The van der Waals surface area contributed by atoms with Crippen LogP contribution in [0.25, 0.3) is 0 Å². The average molecular weight is 246 g/mol. The van der Waals surface area contributed by atoms with Crippen molar-refractivity contribution in [2.75, 3.05) is 0 Å². The lowest BCUT2D eigenvalue weighted by Crippen LogP contribution is -2.54. The summed E-state index contributed by atoms with van der Waals surface area (Å²) < 4.78 is 0. The monoisotopic (exact) mass is 246 g/mol. The Morgan fingerprint density at radius 3 is 1.88 bits per heavy atom. The number of carboxylic acid groups (broad SMARTS) is 1. The minimum absolute atomic E-state index is 0.0712. The molecule has 0 aliphatic rings. The lowest BCUT2D eigenvalue weighted by Gasteiger charge is -2.24. The third kappa shape index (κ3) is 4.70. The molecule has 3 atom stereocenters. The molecule has 100 valence electrons. The number of carbonyl (C=O) groups excluding carboxylic acids is 1. The second-order valence-corrected chi connectivity index (χ2v) is 4.83. The van der Waals surface area contributed by atoms with Crippen molar-refractivity contribution < 1.29 is 19.8 Å². The molecule has 0 radical (unpaired) electrons. The molecule has 5 N–H and O–H groups in total. The van der Waals surface area contributed by atoms with E-state index in [4.69, 9.17) is 10.8 Å². The van der Waals surface area contributed by atoms with Crippen LogP contribution in [-0.4, -0.2) is 40.3 Å². The van der Waals surface area contributed by atoms with E-state index in [2.05, 4.69) is 5.32 Å². The maximum atomic E-state index is 11.6. The maximum Gasteiger partial charge on any atom is 0.326 e. The summed E-state index contributed by atoms with van der Waals surface area (Å²) in [6.45, 7) is 6.90. The molecule has 0 spiro atoms. The second kappa shape index (κ2) is 6.56. The Hall–Kier alpha value is -1.14. The number of nitrogens with one attached hydrogen (secondary N) is 1. The van der Waals surface area contributed by atoms with Gasteiger partial charge in [0.2, 0.25) is 0 Å². The molecule has 0 aromatic rings. The molecular formula is C11H22N2O4. The van der Waals surface area contributed by atoms with E-state index < -0.39 is 30.1 Å². The number of carboxylic acids is 1. The fraction of sp³-hybridized carbons (Fsp3) is 0.818. The summed E-state index contributed by atoms with van der Waals surface area (Å²) in [7, 11) is 0. The first-order valence-electron chi connectivity index (χ1n) is 5.65. The molecule has 0 heterocycles. The van der Waals surface area contributed by atoms with Gasteiger partial charge in [0.05, 0.1) is 0 Å². The molecular weight excluding hydrogens is 224 g/mol. The van der Waals surface area contributed by atoms with Crippen LogP contribution in [0.2, 0.25) is 0 Å². The van der Waals surface area contributed by atoms with Crippen molar-refractivity contribution >= 4 is 11.9 Å². The molecule has 0 aliphatic carbocycles. The van der Waals surface area contributed by atoms with E-state index in [1.807, 2.05) is 0 Å². The predicted molar refractivity (Wildman–Crippen MR) is 63.2 cm³/mol. The lowest BCUT2D eigenvalue weighted by molar-refractivity contribution is -0.145. The highest BCUT2D eigenvalue weighted by Gasteiger charge is 2.30. The first kappa shape index (κ1) is 15.9. The highest BCUT2D eigenvalue weighted by molar-refractivity contribution is 5.86. The topological polar surface area (TPSA) is 113 Å². The van der Waals surface area contributed by atoms with E-state index in [0.29, 0.717) is 0 Å². The van der Waals surface area contributed by atoms with Crippen LogP contribution < -0.4 is 11.1 Å². The van der Waals surface area contributed by atoms with E-state index in [-0.39, 0.29) is 11.8 Å². The van der Waals surface area contributed by atoms with Gasteiger partial charge in [-0.3, -0.25) is 4.79 Å². The Labute approximate surface area is 101 Å². The standard InChI is InChI=1S/C11H22N2O4/c1-5(2)7(12)9(14)10(15)13-8(6(3)4)11(16)17/h5-9,14H,12H2,1-4H3,(H,13,15)(H,16,17). The first-order valence-corrected chi connectivity index (χ1v) is 5.65. The van der Waals surface area contributed by atoms with Gasteiger partial charge < -0.3 is 21.3 Å². The Kier molecular flexibility index (Phi) is 6.12. The van der Waals surface area contributed by atoms with Crippen molar-refractivity contribution in [3.05, 3.63) is 0 Å². The van der Waals surface area contributed by atoms with Gasteiger partial charge in [-0.25, -0.2) is 4.79 Å². The van der Waals surface area contributed by atoms with Crippen LogP contribution in [-0.2, 0) is 9.59 Å². The third-order valence-corrected chi connectivity index (χ3v) is 2.63. The Bertz CT molecular complexity index is 279. The van der Waals surface area contributed by atoms with E-state index in [9.17, 15) is 14.7 Å². The molecule has 3 unspecified atom stereocenters. The van der Waals surface area contributed by atoms with Crippen LogP contribution in [0.3, 0.4) is 0 Å². The van der Waals surface area contributed by atoms with Gasteiger partial charge in [0.1, 0.15) is 12.1 Å². The zero-order valence-electron chi connectivity index (χ0n) is 10.7. The largest absolute Gasteiger partial charge is 0.480 e. The highest BCUT2D eigenvalue weighted by Crippen LogP contribution is 2.06. The average Bonchev–Trinajstić information content (AvgIpc) is 2.22. The molecule has 0 aromatic heterocycles. The quantitative estimate of drug-likeness (QED) is 0.507. The SMILES string of the molecule is CC(C)C(NC(=O)C(O)C(N)C(C)C)C(=O)O. The minimum atomic E-state index is -1.39. The van der Waals surface area contributed by atoms with Crippen molar-refractivity contribution in [3.8, 4) is 0 Å². The molecule has 0 rings (SSSR count). The van der Waals surface area contributed by atoms with E-state index >= 15 is 0 Å². The molecule has 0 fully saturated rings. The molecule has 6 heteroatoms. The second-order valence-electron chi connectivity index (χ2n) is 4.83. The summed E-state index contributed by atoms with van der Waals surface area (Å²) >= 11 is 0. The van der Waals surface area contributed by atoms with E-state index in [1.54, 1.807) is 27.7 Å². The van der Waals surface area contributed by atoms with Gasteiger partial charge in [0.15, 0.2) is 0 Å². The zero-order chi connectivity index (χ0) is 13.7. The molecule has 0 saturated heterocycles. The van der Waals surface area contributed by atoms with Gasteiger partial charge in [-0.1, -0.05) is 27.7 Å². The number of aliphatic hydroxyl groups excluding tert-OH is 1. The fourth-order valence-electron chi connectivity index (χ4n) is 1.29. The number of hydrogen-bond acceptors (Lipinski definition) is 4. The summed E-state index contributed by atoms with van der Waals surface area (Å²) in [6, 6.07) is -1.73. The Morgan fingerprint density at radius 2 is 1.59 bits per heavy atom. The molecule has 0 aliphatic heterocycles. The molecule has 17 heavy (non-hydrogen) atoms. The van der Waals surface area contributed by atoms with Gasteiger partial charge in [-0.2, -0.15) is 0 Å². The number of amides is 1. The molecule has 0 saturated carbocycles. The number of carbonyl (C=O) groups is 2. The number of hydrogen-bond donors (Lipinski definition) is 4. The van der Waals surface area contributed by atoms with Gasteiger partial charge in [-0.05, 0) is 11.8 Å². The predicted octanol–water partition coefficient (Wildman–Crippen LogP) is -0.444. The Morgan fingerprint density at radius 1 is 1.12 bits per heavy atom. The van der Waals surface area contributed by atoms with Crippen molar-refractivity contribution in [2.24, 2.45) is 17.6 Å². The third-order valence-electron chi connectivity index (χ3n) is 2.63. The summed E-state index contributed by atoms with van der Waals surface area (Å²) in [5.74, 6) is -2.21. The number of aliphatic hydroxyl groups is 1. The van der Waals surface area contributed by atoms with Gasteiger partial charge in [0, 0.05) is 6.04 Å². The molecule has 0 aromatic carbocycles. The smallest absolute Gasteiger partial charge is 0.326 e. The summed E-state index contributed by atoms with van der Waals surface area (Å²) in [5, 5.41) is 20.8. The first-order chi connectivity index (χ1) is 7.68. The number of nitrogens with two attached hydrogens (primary N) is 1. The van der Waals surface area contributed by atoms with Gasteiger partial charge in [-0.15, -0.1) is 0 Å². The Balaban J connectivity index is 4.56. The summed E-state index contributed by atoms with van der Waals surface area (Å²) in [4.78, 5) is 22.5. The van der Waals surface area contributed by atoms with Crippen LogP contribution >= 0.6 is 0 Å².